The van der Waals surface area contributed by atoms with Crippen LogP contribution in [0.15, 0.2) is 24.3 Å². The number of aliphatic hydroxyl groups excluding tert-OH is 1. The number of ether oxygens (including phenoxy) is 1. The predicted molar refractivity (Wildman–Crippen MR) is 123 cm³/mol. The van der Waals surface area contributed by atoms with Gasteiger partial charge in [-0.25, -0.2) is 0 Å². The number of allylic oxidation sites excluding steroid dienone is 1. The third-order valence-electron chi connectivity index (χ3n) is 7.06. The van der Waals surface area contributed by atoms with Crippen molar-refractivity contribution < 1.29 is 24.2 Å². The largest absolute Gasteiger partial charge is 0.465 e. The monoisotopic (exact) mass is 462 g/mol. The van der Waals surface area contributed by atoms with Crippen molar-refractivity contribution in [3.8, 4) is 0 Å². The van der Waals surface area contributed by atoms with Crippen molar-refractivity contribution in [3.63, 3.8) is 0 Å². The Balaban J connectivity index is 1.78. The van der Waals surface area contributed by atoms with E-state index in [1.54, 1.807) is 16.7 Å². The van der Waals surface area contributed by atoms with E-state index in [1.807, 2.05) is 30.9 Å². The van der Waals surface area contributed by atoms with Gasteiger partial charge >= 0.3 is 5.97 Å². The minimum atomic E-state index is -0.788. The van der Waals surface area contributed by atoms with E-state index in [1.165, 1.54) is 0 Å². The topological polar surface area (TPSA) is 87.2 Å². The Labute approximate surface area is 194 Å². The van der Waals surface area contributed by atoms with E-state index < -0.39 is 22.6 Å². The van der Waals surface area contributed by atoms with Crippen molar-refractivity contribution >= 4 is 29.5 Å². The van der Waals surface area contributed by atoms with Gasteiger partial charge in [-0.1, -0.05) is 24.3 Å². The number of hydrogen-bond donors (Lipinski definition) is 1. The Bertz CT molecular complexity index is 812. The summed E-state index contributed by atoms with van der Waals surface area (Å²) in [6, 6.07) is -0.642. The SMILES string of the molecule is CC(C)N1CC=C[C@]23S[C@@H]4/C=C\CCCCOC(=O)[C@@H]4[C@H]2C(=O)N(CCCCO)C3C1=O. The first kappa shape index (κ1) is 23.4. The van der Waals surface area contributed by atoms with Crippen LogP contribution >= 0.6 is 11.8 Å². The van der Waals surface area contributed by atoms with Crippen LogP contribution in [-0.2, 0) is 19.1 Å². The van der Waals surface area contributed by atoms with Crippen molar-refractivity contribution in [2.75, 3.05) is 26.3 Å². The molecule has 5 atom stereocenters. The first-order valence-corrected chi connectivity index (χ1v) is 12.7. The molecule has 32 heavy (non-hydrogen) atoms. The lowest BCUT2D eigenvalue weighted by Gasteiger charge is -2.36. The summed E-state index contributed by atoms with van der Waals surface area (Å²) in [5.41, 5.74) is 0. The summed E-state index contributed by atoms with van der Waals surface area (Å²) in [6.07, 6.45) is 12.1. The third kappa shape index (κ3) is 3.89. The van der Waals surface area contributed by atoms with Gasteiger partial charge in [-0.2, -0.15) is 0 Å². The number of amides is 2. The second-order valence-corrected chi connectivity index (χ2v) is 10.9. The zero-order valence-corrected chi connectivity index (χ0v) is 19.8. The van der Waals surface area contributed by atoms with Crippen LogP contribution in [0.5, 0.6) is 0 Å². The van der Waals surface area contributed by atoms with Crippen molar-refractivity contribution in [1.82, 2.24) is 9.80 Å². The lowest BCUT2D eigenvalue weighted by Crippen LogP contribution is -2.54. The van der Waals surface area contributed by atoms with Gasteiger partial charge in [-0.05, 0) is 46.0 Å². The zero-order valence-electron chi connectivity index (χ0n) is 18.9. The van der Waals surface area contributed by atoms with Crippen LogP contribution in [0.4, 0.5) is 0 Å². The molecule has 0 aromatic heterocycles. The van der Waals surface area contributed by atoms with Gasteiger partial charge < -0.3 is 19.6 Å². The van der Waals surface area contributed by atoms with Crippen LogP contribution in [-0.4, -0.2) is 81.1 Å². The third-order valence-corrected chi connectivity index (χ3v) is 8.81. The maximum absolute atomic E-state index is 13.8. The average Bonchev–Trinajstić information content (AvgIpc) is 3.13. The molecule has 0 aromatic rings. The number of carbonyl (C=O) groups excluding carboxylic acids is 3. The summed E-state index contributed by atoms with van der Waals surface area (Å²) in [5, 5.41) is 9.05. The van der Waals surface area contributed by atoms with Crippen LogP contribution in [0.1, 0.15) is 46.0 Å². The average molecular weight is 463 g/mol. The van der Waals surface area contributed by atoms with Crippen molar-refractivity contribution in [2.45, 2.75) is 68.0 Å². The molecule has 0 aromatic carbocycles. The molecule has 4 rings (SSSR count). The normalized spacial score (nSPS) is 35.9. The van der Waals surface area contributed by atoms with Gasteiger partial charge in [0.25, 0.3) is 0 Å². The molecule has 4 heterocycles. The molecule has 8 heteroatoms. The smallest absolute Gasteiger partial charge is 0.311 e. The molecular weight excluding hydrogens is 428 g/mol. The van der Waals surface area contributed by atoms with E-state index in [0.29, 0.717) is 32.5 Å². The Morgan fingerprint density at radius 3 is 2.75 bits per heavy atom. The molecule has 2 amide bonds. The first-order valence-electron chi connectivity index (χ1n) is 11.8. The molecule has 176 valence electrons. The number of cyclic esters (lactones) is 1. The van der Waals surface area contributed by atoms with Crippen molar-refractivity contribution in [2.24, 2.45) is 11.8 Å². The van der Waals surface area contributed by atoms with E-state index in [-0.39, 0.29) is 35.7 Å². The Morgan fingerprint density at radius 2 is 2.00 bits per heavy atom. The van der Waals surface area contributed by atoms with Gasteiger partial charge in [0.05, 0.1) is 23.2 Å². The van der Waals surface area contributed by atoms with E-state index >= 15 is 0 Å². The second-order valence-electron chi connectivity index (χ2n) is 9.38. The highest BCUT2D eigenvalue weighted by Gasteiger charge is 2.70. The molecule has 4 aliphatic rings. The minimum Gasteiger partial charge on any atom is -0.465 e. The number of likely N-dealkylation sites (tertiary alicyclic amines) is 1. The van der Waals surface area contributed by atoms with Gasteiger partial charge in [0.2, 0.25) is 11.8 Å². The number of fused-ring (bicyclic) bond motifs is 2. The molecule has 0 bridgehead atoms. The van der Waals surface area contributed by atoms with Gasteiger partial charge in [0.15, 0.2) is 0 Å². The van der Waals surface area contributed by atoms with Crippen molar-refractivity contribution in [3.05, 3.63) is 24.3 Å². The molecule has 2 fully saturated rings. The number of rotatable bonds is 5. The van der Waals surface area contributed by atoms with E-state index in [2.05, 4.69) is 12.2 Å². The van der Waals surface area contributed by atoms with Crippen LogP contribution in [0.2, 0.25) is 0 Å². The van der Waals surface area contributed by atoms with Gasteiger partial charge in [0.1, 0.15) is 6.04 Å². The standard InChI is InChI=1S/C24H34N2O5S/c1-16(2)25-13-9-11-24-19(21(28)26(12-6-7-14-27)20(24)22(25)29)18-17(32-24)10-5-3-4-8-15-31-23(18)30/h5,9-11,16-20,27H,3-4,6-8,12-15H2,1-2H3/b10-5-/t17-,18+,19+,20?,24+/m1/s1. The van der Waals surface area contributed by atoms with Gasteiger partial charge in [-0.3, -0.25) is 14.4 Å². The Morgan fingerprint density at radius 1 is 1.19 bits per heavy atom. The summed E-state index contributed by atoms with van der Waals surface area (Å²) < 4.78 is 4.82. The summed E-state index contributed by atoms with van der Waals surface area (Å²) in [6.45, 7) is 5.28. The molecular formula is C24H34N2O5S. The van der Waals surface area contributed by atoms with E-state index in [0.717, 1.165) is 19.3 Å². The number of unbranched alkanes of at least 4 members (excludes halogenated alkanes) is 1. The molecule has 2 saturated heterocycles. The summed E-state index contributed by atoms with van der Waals surface area (Å²) >= 11 is 1.58. The van der Waals surface area contributed by atoms with E-state index in [4.69, 9.17) is 4.74 Å². The number of aliphatic hydroxyl groups is 1. The minimum absolute atomic E-state index is 0.00714. The molecule has 7 nitrogen and oxygen atoms in total. The maximum atomic E-state index is 13.8. The van der Waals surface area contributed by atoms with E-state index in [9.17, 15) is 19.5 Å². The highest BCUT2D eigenvalue weighted by molar-refractivity contribution is 8.02. The number of carbonyl (C=O) groups is 3. The first-order chi connectivity index (χ1) is 15.4. The molecule has 1 N–H and O–H groups in total. The molecule has 1 unspecified atom stereocenters. The van der Waals surface area contributed by atoms with Crippen LogP contribution in [0.25, 0.3) is 0 Å². The molecule has 0 saturated carbocycles. The fourth-order valence-corrected chi connectivity index (χ4v) is 7.53. The van der Waals surface area contributed by atoms with Crippen molar-refractivity contribution in [1.29, 1.82) is 0 Å². The number of thioether (sulfide) groups is 1. The molecule has 0 radical (unpaired) electrons. The Kier molecular flexibility index (Phi) is 7.00. The van der Waals surface area contributed by atoms with Crippen LogP contribution in [0.3, 0.4) is 0 Å². The summed E-state index contributed by atoms with van der Waals surface area (Å²) in [5.74, 6) is -1.75. The van der Waals surface area contributed by atoms with Crippen LogP contribution < -0.4 is 0 Å². The summed E-state index contributed by atoms with van der Waals surface area (Å²) in [7, 11) is 0. The number of nitrogens with zero attached hydrogens (tertiary/aromatic N) is 2. The fraction of sp³-hybridized carbons (Fsp3) is 0.708. The number of esters is 1. The molecule has 1 spiro atoms. The lowest BCUT2D eigenvalue weighted by atomic mass is 9.78. The zero-order chi connectivity index (χ0) is 22.9. The molecule has 4 aliphatic heterocycles. The maximum Gasteiger partial charge on any atom is 0.311 e. The van der Waals surface area contributed by atoms with Crippen LogP contribution in [0, 0.1) is 11.8 Å². The quantitative estimate of drug-likeness (QED) is 0.383. The van der Waals surface area contributed by atoms with Gasteiger partial charge in [-0.15, -0.1) is 11.8 Å². The predicted octanol–water partition coefficient (Wildman–Crippen LogP) is 2.15. The lowest BCUT2D eigenvalue weighted by molar-refractivity contribution is -0.153. The Hall–Kier alpha value is -1.80. The number of hydrogen-bond acceptors (Lipinski definition) is 6. The fourth-order valence-electron chi connectivity index (χ4n) is 5.53. The summed E-state index contributed by atoms with van der Waals surface area (Å²) in [4.78, 5) is 44.4. The highest BCUT2D eigenvalue weighted by Crippen LogP contribution is 2.60. The highest BCUT2D eigenvalue weighted by atomic mass is 32.2. The van der Waals surface area contributed by atoms with Gasteiger partial charge in [0, 0.05) is 31.0 Å². The molecule has 0 aliphatic carbocycles. The second kappa shape index (κ2) is 9.59.